The van der Waals surface area contributed by atoms with Gasteiger partial charge in [0.1, 0.15) is 11.6 Å². The summed E-state index contributed by atoms with van der Waals surface area (Å²) in [5.41, 5.74) is 6.84. The van der Waals surface area contributed by atoms with Gasteiger partial charge in [-0.15, -0.1) is 0 Å². The second-order valence-corrected chi connectivity index (χ2v) is 4.21. The van der Waals surface area contributed by atoms with Crippen LogP contribution in [-0.2, 0) is 6.42 Å². The first-order valence-corrected chi connectivity index (χ1v) is 5.34. The van der Waals surface area contributed by atoms with E-state index in [9.17, 15) is 0 Å². The van der Waals surface area contributed by atoms with Crippen LogP contribution in [-0.4, -0.2) is 9.97 Å². The summed E-state index contributed by atoms with van der Waals surface area (Å²) in [7, 11) is 0. The summed E-state index contributed by atoms with van der Waals surface area (Å²) < 4.78 is 0. The van der Waals surface area contributed by atoms with Gasteiger partial charge < -0.3 is 5.73 Å². The first-order valence-electron chi connectivity index (χ1n) is 5.34. The fourth-order valence-electron chi connectivity index (χ4n) is 1.77. The average Bonchev–Trinajstić information content (AvgIpc) is 2.82. The zero-order valence-electron chi connectivity index (χ0n) is 8.83. The highest BCUT2D eigenvalue weighted by molar-refractivity contribution is 5.31. The van der Waals surface area contributed by atoms with E-state index in [1.54, 1.807) is 0 Å². The van der Waals surface area contributed by atoms with Crippen molar-refractivity contribution in [1.29, 1.82) is 0 Å². The number of nitrogens with two attached hydrogens (primary N) is 1. The van der Waals surface area contributed by atoms with Crippen molar-refractivity contribution in [3.05, 3.63) is 17.6 Å². The fraction of sp³-hybridized carbons (Fsp3) is 0.636. The molecule has 2 rings (SSSR count). The number of aromatic nitrogens is 2. The number of hydrogen-bond donors (Lipinski definition) is 1. The number of nitrogen functional groups attached to an aromatic ring is 1. The SMILES string of the molecule is CCCc1cc(N)nc(C2CC2C)n1. The minimum absolute atomic E-state index is 0.564. The third kappa shape index (κ3) is 1.86. The first kappa shape index (κ1) is 9.44. The molecule has 0 radical (unpaired) electrons. The highest BCUT2D eigenvalue weighted by atomic mass is 15.0. The molecule has 2 atom stereocenters. The van der Waals surface area contributed by atoms with E-state index < -0.39 is 0 Å². The van der Waals surface area contributed by atoms with Crippen LogP contribution in [0.3, 0.4) is 0 Å². The quantitative estimate of drug-likeness (QED) is 0.796. The van der Waals surface area contributed by atoms with Gasteiger partial charge >= 0.3 is 0 Å². The molecule has 1 aromatic heterocycles. The topological polar surface area (TPSA) is 51.8 Å². The fourth-order valence-corrected chi connectivity index (χ4v) is 1.77. The Morgan fingerprint density at radius 1 is 1.50 bits per heavy atom. The summed E-state index contributed by atoms with van der Waals surface area (Å²) in [5, 5.41) is 0. The van der Waals surface area contributed by atoms with Crippen LogP contribution < -0.4 is 5.73 Å². The normalized spacial score (nSPS) is 25.0. The van der Waals surface area contributed by atoms with Gasteiger partial charge in [0.25, 0.3) is 0 Å². The van der Waals surface area contributed by atoms with Crippen molar-refractivity contribution in [2.24, 2.45) is 5.92 Å². The second kappa shape index (κ2) is 3.56. The number of anilines is 1. The molecule has 3 heteroatoms. The van der Waals surface area contributed by atoms with Crippen LogP contribution in [0.5, 0.6) is 0 Å². The standard InChI is InChI=1S/C11H17N3/c1-3-4-8-6-10(12)14-11(13-8)9-5-7(9)2/h6-7,9H,3-5H2,1-2H3,(H2,12,13,14). The smallest absolute Gasteiger partial charge is 0.134 e. The second-order valence-electron chi connectivity index (χ2n) is 4.21. The van der Waals surface area contributed by atoms with Gasteiger partial charge in [0.05, 0.1) is 0 Å². The number of rotatable bonds is 3. The summed E-state index contributed by atoms with van der Waals surface area (Å²) in [6, 6.07) is 1.89. The van der Waals surface area contributed by atoms with E-state index >= 15 is 0 Å². The summed E-state index contributed by atoms with van der Waals surface area (Å²) in [6.45, 7) is 4.38. The summed E-state index contributed by atoms with van der Waals surface area (Å²) in [6.07, 6.45) is 3.33. The van der Waals surface area contributed by atoms with Gasteiger partial charge in [-0.05, 0) is 18.8 Å². The lowest BCUT2D eigenvalue weighted by Gasteiger charge is -2.03. The lowest BCUT2D eigenvalue weighted by molar-refractivity contribution is 0.802. The maximum absolute atomic E-state index is 5.75. The van der Waals surface area contributed by atoms with E-state index in [2.05, 4.69) is 23.8 Å². The number of aryl methyl sites for hydroxylation is 1. The van der Waals surface area contributed by atoms with E-state index in [4.69, 9.17) is 5.73 Å². The monoisotopic (exact) mass is 191 g/mol. The van der Waals surface area contributed by atoms with Crippen LogP contribution in [0.15, 0.2) is 6.07 Å². The molecule has 3 nitrogen and oxygen atoms in total. The van der Waals surface area contributed by atoms with Crippen LogP contribution in [0.2, 0.25) is 0 Å². The van der Waals surface area contributed by atoms with Crippen LogP contribution >= 0.6 is 0 Å². The largest absolute Gasteiger partial charge is 0.384 e. The van der Waals surface area contributed by atoms with Crippen LogP contribution in [0.1, 0.15) is 44.1 Å². The molecule has 1 heterocycles. The molecular formula is C11H17N3. The van der Waals surface area contributed by atoms with Crippen molar-refractivity contribution in [1.82, 2.24) is 9.97 Å². The van der Waals surface area contributed by atoms with E-state index in [0.717, 1.165) is 30.3 Å². The Balaban J connectivity index is 2.23. The van der Waals surface area contributed by atoms with Gasteiger partial charge in [-0.2, -0.15) is 0 Å². The molecule has 1 aromatic rings. The van der Waals surface area contributed by atoms with Gasteiger partial charge in [-0.25, -0.2) is 9.97 Å². The molecule has 1 aliphatic carbocycles. The van der Waals surface area contributed by atoms with Gasteiger partial charge in [0.15, 0.2) is 0 Å². The Hall–Kier alpha value is -1.12. The maximum Gasteiger partial charge on any atom is 0.134 e. The molecule has 14 heavy (non-hydrogen) atoms. The third-order valence-electron chi connectivity index (χ3n) is 2.76. The molecule has 1 fully saturated rings. The van der Waals surface area contributed by atoms with Crippen molar-refractivity contribution < 1.29 is 0 Å². The van der Waals surface area contributed by atoms with Crippen molar-refractivity contribution in [3.8, 4) is 0 Å². The summed E-state index contributed by atoms with van der Waals surface area (Å²) in [4.78, 5) is 8.84. The Kier molecular flexibility index (Phi) is 2.40. The minimum atomic E-state index is 0.564. The zero-order chi connectivity index (χ0) is 10.1. The lowest BCUT2D eigenvalue weighted by atomic mass is 10.2. The number of nitrogens with zero attached hydrogens (tertiary/aromatic N) is 2. The Morgan fingerprint density at radius 3 is 2.79 bits per heavy atom. The molecule has 0 aromatic carbocycles. The van der Waals surface area contributed by atoms with Crippen molar-refractivity contribution >= 4 is 5.82 Å². The highest BCUT2D eigenvalue weighted by Gasteiger charge is 2.36. The van der Waals surface area contributed by atoms with E-state index in [1.165, 1.54) is 6.42 Å². The molecule has 0 bridgehead atoms. The van der Waals surface area contributed by atoms with Gasteiger partial charge in [-0.1, -0.05) is 20.3 Å². The van der Waals surface area contributed by atoms with Crippen molar-refractivity contribution in [3.63, 3.8) is 0 Å². The molecule has 0 aliphatic heterocycles. The third-order valence-corrected chi connectivity index (χ3v) is 2.76. The summed E-state index contributed by atoms with van der Waals surface area (Å²) in [5.74, 6) is 2.89. The van der Waals surface area contributed by atoms with Gasteiger partial charge in [0, 0.05) is 17.7 Å². The minimum Gasteiger partial charge on any atom is -0.384 e. The summed E-state index contributed by atoms with van der Waals surface area (Å²) >= 11 is 0. The average molecular weight is 191 g/mol. The molecule has 0 amide bonds. The molecule has 0 spiro atoms. The highest BCUT2D eigenvalue weighted by Crippen LogP contribution is 2.45. The van der Waals surface area contributed by atoms with E-state index in [-0.39, 0.29) is 0 Å². The predicted molar refractivity (Wildman–Crippen MR) is 57.0 cm³/mol. The Morgan fingerprint density at radius 2 is 2.21 bits per heavy atom. The maximum atomic E-state index is 5.75. The molecule has 1 aliphatic rings. The van der Waals surface area contributed by atoms with E-state index in [0.29, 0.717) is 11.7 Å². The molecule has 76 valence electrons. The van der Waals surface area contributed by atoms with Gasteiger partial charge in [-0.3, -0.25) is 0 Å². The van der Waals surface area contributed by atoms with Crippen molar-refractivity contribution in [2.45, 2.75) is 39.0 Å². The van der Waals surface area contributed by atoms with Crippen molar-refractivity contribution in [2.75, 3.05) is 5.73 Å². The first-order chi connectivity index (χ1) is 6.70. The van der Waals surface area contributed by atoms with Gasteiger partial charge in [0.2, 0.25) is 0 Å². The van der Waals surface area contributed by atoms with Crippen LogP contribution in [0, 0.1) is 5.92 Å². The molecular weight excluding hydrogens is 174 g/mol. The molecule has 0 saturated heterocycles. The predicted octanol–water partition coefficient (Wildman–Crippen LogP) is 2.13. The number of hydrogen-bond acceptors (Lipinski definition) is 3. The molecule has 1 saturated carbocycles. The van der Waals surface area contributed by atoms with Crippen LogP contribution in [0.25, 0.3) is 0 Å². The zero-order valence-corrected chi connectivity index (χ0v) is 8.83. The molecule has 2 N–H and O–H groups in total. The Bertz CT molecular complexity index is 335. The lowest BCUT2D eigenvalue weighted by Crippen LogP contribution is -2.02. The van der Waals surface area contributed by atoms with E-state index in [1.807, 2.05) is 6.07 Å². The molecule has 2 unspecified atom stereocenters. The van der Waals surface area contributed by atoms with Crippen LogP contribution in [0.4, 0.5) is 5.82 Å². The Labute approximate surface area is 84.8 Å².